The molecule has 0 bridgehead atoms. The summed E-state index contributed by atoms with van der Waals surface area (Å²) < 4.78 is 6.80. The molecule has 0 aliphatic rings. The number of hydrogen-bond donors (Lipinski definition) is 1. The van der Waals surface area contributed by atoms with Gasteiger partial charge in [-0.25, -0.2) is 9.78 Å². The zero-order valence-corrected chi connectivity index (χ0v) is 13.0. The largest absolute Gasteiger partial charge is 0.465 e. The number of esters is 1. The fraction of sp³-hybridized carbons (Fsp3) is 0.333. The van der Waals surface area contributed by atoms with Gasteiger partial charge in [0.1, 0.15) is 0 Å². The summed E-state index contributed by atoms with van der Waals surface area (Å²) in [7, 11) is 1.33. The molecule has 0 aliphatic carbocycles. The molecule has 0 aliphatic heterocycles. The molecule has 0 fully saturated rings. The molecule has 5 nitrogen and oxygen atoms in total. The van der Waals surface area contributed by atoms with Crippen LogP contribution in [0.4, 0.5) is 5.69 Å². The highest BCUT2D eigenvalue weighted by molar-refractivity contribution is 6.33. The summed E-state index contributed by atoms with van der Waals surface area (Å²) in [5.41, 5.74) is 2.22. The zero-order chi connectivity index (χ0) is 15.4. The van der Waals surface area contributed by atoms with E-state index in [-0.39, 0.29) is 0 Å². The number of carbonyl (C=O) groups is 1. The van der Waals surface area contributed by atoms with E-state index >= 15 is 0 Å². The standard InChI is InChI=1S/C15H18ClN3O2/c1-10(2)19-9-17-7-12(19)8-18-11-4-5-14(16)13(6-11)15(20)21-3/h4-7,9-10,18H,8H2,1-3H3. The third-order valence-corrected chi connectivity index (χ3v) is 3.48. The van der Waals surface area contributed by atoms with E-state index in [9.17, 15) is 4.79 Å². The number of carbonyl (C=O) groups excluding carboxylic acids is 1. The number of aromatic nitrogens is 2. The predicted molar refractivity (Wildman–Crippen MR) is 82.7 cm³/mol. The van der Waals surface area contributed by atoms with Crippen molar-refractivity contribution in [2.75, 3.05) is 12.4 Å². The lowest BCUT2D eigenvalue weighted by atomic mass is 10.2. The molecule has 2 aromatic rings. The number of anilines is 1. The molecule has 112 valence electrons. The molecule has 0 unspecified atom stereocenters. The van der Waals surface area contributed by atoms with Crippen molar-refractivity contribution in [3.05, 3.63) is 47.0 Å². The molecular formula is C15H18ClN3O2. The van der Waals surface area contributed by atoms with Gasteiger partial charge in [0.05, 0.1) is 36.3 Å². The van der Waals surface area contributed by atoms with Crippen molar-refractivity contribution >= 4 is 23.3 Å². The van der Waals surface area contributed by atoms with Gasteiger partial charge in [0.25, 0.3) is 0 Å². The van der Waals surface area contributed by atoms with Crippen LogP contribution < -0.4 is 5.32 Å². The monoisotopic (exact) mass is 307 g/mol. The summed E-state index contributed by atoms with van der Waals surface area (Å²) in [6, 6.07) is 5.53. The maximum Gasteiger partial charge on any atom is 0.339 e. The molecular weight excluding hydrogens is 290 g/mol. The second-order valence-corrected chi connectivity index (χ2v) is 5.33. The van der Waals surface area contributed by atoms with Crippen molar-refractivity contribution in [2.24, 2.45) is 0 Å². The van der Waals surface area contributed by atoms with E-state index in [0.717, 1.165) is 11.4 Å². The highest BCUT2D eigenvalue weighted by Crippen LogP contribution is 2.22. The Morgan fingerprint density at radius 1 is 1.48 bits per heavy atom. The van der Waals surface area contributed by atoms with Crippen LogP contribution in [0.1, 0.15) is 35.9 Å². The fourth-order valence-corrected chi connectivity index (χ4v) is 2.22. The van der Waals surface area contributed by atoms with Gasteiger partial charge < -0.3 is 14.6 Å². The molecule has 6 heteroatoms. The Morgan fingerprint density at radius 2 is 2.24 bits per heavy atom. The lowest BCUT2D eigenvalue weighted by Gasteiger charge is -2.13. The van der Waals surface area contributed by atoms with Crippen LogP contribution in [0, 0.1) is 0 Å². The van der Waals surface area contributed by atoms with Crippen LogP contribution in [0.25, 0.3) is 0 Å². The molecule has 21 heavy (non-hydrogen) atoms. The highest BCUT2D eigenvalue weighted by Gasteiger charge is 2.12. The summed E-state index contributed by atoms with van der Waals surface area (Å²) in [4.78, 5) is 15.8. The van der Waals surface area contributed by atoms with Crippen LogP contribution in [-0.2, 0) is 11.3 Å². The summed E-state index contributed by atoms with van der Waals surface area (Å²) >= 11 is 5.99. The van der Waals surface area contributed by atoms with Gasteiger partial charge in [-0.05, 0) is 32.0 Å². The number of ether oxygens (including phenoxy) is 1. The van der Waals surface area contributed by atoms with Crippen LogP contribution in [-0.4, -0.2) is 22.6 Å². The fourth-order valence-electron chi connectivity index (χ4n) is 2.03. The SMILES string of the molecule is COC(=O)c1cc(NCc2cncn2C(C)C)ccc1Cl. The van der Waals surface area contributed by atoms with Gasteiger partial charge in [-0.2, -0.15) is 0 Å². The van der Waals surface area contributed by atoms with E-state index in [0.29, 0.717) is 23.2 Å². The number of methoxy groups -OCH3 is 1. The van der Waals surface area contributed by atoms with Gasteiger partial charge in [0.2, 0.25) is 0 Å². The molecule has 0 spiro atoms. The van der Waals surface area contributed by atoms with Crippen LogP contribution >= 0.6 is 11.6 Å². The molecule has 0 saturated heterocycles. The Labute approximate surface area is 128 Å². The quantitative estimate of drug-likeness (QED) is 0.859. The molecule has 1 aromatic heterocycles. The first-order valence-electron chi connectivity index (χ1n) is 6.65. The van der Waals surface area contributed by atoms with E-state index in [1.165, 1.54) is 7.11 Å². The number of nitrogens with zero attached hydrogens (tertiary/aromatic N) is 2. The van der Waals surface area contributed by atoms with Crippen molar-refractivity contribution in [1.29, 1.82) is 0 Å². The van der Waals surface area contributed by atoms with Crippen LogP contribution in [0.2, 0.25) is 5.02 Å². The minimum atomic E-state index is -0.448. The van der Waals surface area contributed by atoms with Gasteiger partial charge in [-0.3, -0.25) is 0 Å². The van der Waals surface area contributed by atoms with Gasteiger partial charge >= 0.3 is 5.97 Å². The van der Waals surface area contributed by atoms with Crippen molar-refractivity contribution in [3.63, 3.8) is 0 Å². The Morgan fingerprint density at radius 3 is 2.90 bits per heavy atom. The Balaban J connectivity index is 2.13. The Kier molecular flexibility index (Phi) is 4.85. The lowest BCUT2D eigenvalue weighted by Crippen LogP contribution is -2.09. The summed E-state index contributed by atoms with van der Waals surface area (Å²) in [6.07, 6.45) is 3.63. The minimum Gasteiger partial charge on any atom is -0.465 e. The van der Waals surface area contributed by atoms with Crippen LogP contribution in [0.5, 0.6) is 0 Å². The van der Waals surface area contributed by atoms with E-state index < -0.39 is 5.97 Å². The average molecular weight is 308 g/mol. The number of nitrogens with one attached hydrogen (secondary N) is 1. The van der Waals surface area contributed by atoms with E-state index in [1.807, 2.05) is 18.6 Å². The number of hydrogen-bond acceptors (Lipinski definition) is 4. The molecule has 2 rings (SSSR count). The first-order chi connectivity index (χ1) is 10.0. The van der Waals surface area contributed by atoms with Crippen molar-refractivity contribution < 1.29 is 9.53 Å². The molecule has 0 radical (unpaired) electrons. The molecule has 0 saturated carbocycles. The van der Waals surface area contributed by atoms with E-state index in [4.69, 9.17) is 16.3 Å². The maximum absolute atomic E-state index is 11.6. The first-order valence-corrected chi connectivity index (χ1v) is 7.03. The van der Waals surface area contributed by atoms with Crippen LogP contribution in [0.15, 0.2) is 30.7 Å². The van der Waals surface area contributed by atoms with E-state index in [1.54, 1.807) is 12.1 Å². The average Bonchev–Trinajstić information content (AvgIpc) is 2.94. The van der Waals surface area contributed by atoms with Gasteiger partial charge in [0.15, 0.2) is 0 Å². The Hall–Kier alpha value is -2.01. The third-order valence-electron chi connectivity index (χ3n) is 3.15. The lowest BCUT2D eigenvalue weighted by molar-refractivity contribution is 0.0601. The Bertz CT molecular complexity index is 638. The van der Waals surface area contributed by atoms with Crippen LogP contribution in [0.3, 0.4) is 0 Å². The number of benzene rings is 1. The smallest absolute Gasteiger partial charge is 0.339 e. The van der Waals surface area contributed by atoms with Gasteiger partial charge in [0, 0.05) is 17.9 Å². The van der Waals surface area contributed by atoms with E-state index in [2.05, 4.69) is 28.7 Å². The zero-order valence-electron chi connectivity index (χ0n) is 12.3. The molecule has 1 heterocycles. The molecule has 1 aromatic carbocycles. The summed E-state index contributed by atoms with van der Waals surface area (Å²) in [5, 5.41) is 3.64. The third kappa shape index (κ3) is 3.55. The maximum atomic E-state index is 11.6. The first kappa shape index (κ1) is 15.4. The van der Waals surface area contributed by atoms with Gasteiger partial charge in [-0.1, -0.05) is 11.6 Å². The number of imidazole rings is 1. The van der Waals surface area contributed by atoms with Crippen molar-refractivity contribution in [2.45, 2.75) is 26.4 Å². The summed E-state index contributed by atoms with van der Waals surface area (Å²) in [6.45, 7) is 4.81. The van der Waals surface area contributed by atoms with Crippen molar-refractivity contribution in [3.8, 4) is 0 Å². The highest BCUT2D eigenvalue weighted by atomic mass is 35.5. The molecule has 0 atom stereocenters. The molecule has 0 amide bonds. The van der Waals surface area contributed by atoms with Gasteiger partial charge in [-0.15, -0.1) is 0 Å². The minimum absolute atomic E-state index is 0.347. The number of halogens is 1. The predicted octanol–water partition coefficient (Wildman–Crippen LogP) is 3.52. The second kappa shape index (κ2) is 6.63. The topological polar surface area (TPSA) is 56.1 Å². The number of rotatable bonds is 5. The van der Waals surface area contributed by atoms with Crippen molar-refractivity contribution in [1.82, 2.24) is 9.55 Å². The summed E-state index contributed by atoms with van der Waals surface area (Å²) in [5.74, 6) is -0.448. The molecule has 1 N–H and O–H groups in total. The second-order valence-electron chi connectivity index (χ2n) is 4.93. The normalized spacial score (nSPS) is 10.7.